The van der Waals surface area contributed by atoms with Crippen molar-refractivity contribution in [2.24, 2.45) is 0 Å². The highest BCUT2D eigenvalue weighted by Gasteiger charge is 2.31. The minimum absolute atomic E-state index is 0.00344. The van der Waals surface area contributed by atoms with Crippen LogP contribution in [0.25, 0.3) is 0 Å². The topological polar surface area (TPSA) is 62.2 Å². The standard InChI is InChI=1S/C21H21N5O/c1-16(27)18-4-2-3-5-19(18)20-15-25(17-6-8-22-9-7-17)12-13-26(20)21-14-23-10-11-24-21/h2-11,14,20H,12-13,15H2,1H3. The third kappa shape index (κ3) is 3.51. The van der Waals surface area contributed by atoms with Gasteiger partial charge < -0.3 is 9.80 Å². The molecule has 0 aliphatic carbocycles. The first-order chi connectivity index (χ1) is 13.2. The Hall–Kier alpha value is -3.28. The van der Waals surface area contributed by atoms with Crippen LogP contribution in [0.3, 0.4) is 0 Å². The van der Waals surface area contributed by atoms with E-state index in [9.17, 15) is 4.79 Å². The van der Waals surface area contributed by atoms with E-state index in [1.54, 1.807) is 25.5 Å². The Bertz CT molecular complexity index is 916. The van der Waals surface area contributed by atoms with Gasteiger partial charge in [-0.1, -0.05) is 24.3 Å². The van der Waals surface area contributed by atoms with E-state index in [1.807, 2.05) is 48.8 Å². The summed E-state index contributed by atoms with van der Waals surface area (Å²) < 4.78 is 0. The third-order valence-electron chi connectivity index (χ3n) is 4.95. The molecule has 0 N–H and O–H groups in total. The van der Waals surface area contributed by atoms with Gasteiger partial charge in [0.25, 0.3) is 0 Å². The predicted octanol–water partition coefficient (Wildman–Crippen LogP) is 3.14. The van der Waals surface area contributed by atoms with E-state index in [0.29, 0.717) is 0 Å². The Kier molecular flexibility index (Phi) is 4.78. The molecule has 3 aromatic rings. The maximum atomic E-state index is 12.2. The molecule has 1 atom stereocenters. The van der Waals surface area contributed by atoms with Crippen molar-refractivity contribution >= 4 is 17.3 Å². The Morgan fingerprint density at radius 2 is 1.81 bits per heavy atom. The van der Waals surface area contributed by atoms with Crippen molar-refractivity contribution in [1.82, 2.24) is 15.0 Å². The Balaban J connectivity index is 1.75. The van der Waals surface area contributed by atoms with Gasteiger partial charge >= 0.3 is 0 Å². The number of rotatable bonds is 4. The normalized spacial score (nSPS) is 17.0. The molecule has 2 aromatic heterocycles. The Morgan fingerprint density at radius 1 is 1.00 bits per heavy atom. The van der Waals surface area contributed by atoms with Gasteiger partial charge in [-0.05, 0) is 24.6 Å². The molecule has 0 saturated carbocycles. The Labute approximate surface area is 158 Å². The number of benzene rings is 1. The number of Topliss-reactive ketones (excluding diaryl/α,β-unsaturated/α-hetero) is 1. The number of aromatic nitrogens is 3. The number of nitrogens with zero attached hydrogens (tertiary/aromatic N) is 5. The van der Waals surface area contributed by atoms with Crippen LogP contribution in [-0.4, -0.2) is 40.4 Å². The average molecular weight is 359 g/mol. The first-order valence-corrected chi connectivity index (χ1v) is 9.01. The highest BCUT2D eigenvalue weighted by molar-refractivity contribution is 5.95. The molecular weight excluding hydrogens is 338 g/mol. The molecule has 27 heavy (non-hydrogen) atoms. The fourth-order valence-electron chi connectivity index (χ4n) is 3.66. The van der Waals surface area contributed by atoms with Crippen LogP contribution in [-0.2, 0) is 0 Å². The fraction of sp³-hybridized carbons (Fsp3) is 0.238. The molecule has 1 aliphatic heterocycles. The van der Waals surface area contributed by atoms with Crippen LogP contribution >= 0.6 is 0 Å². The van der Waals surface area contributed by atoms with Crippen molar-refractivity contribution in [2.75, 3.05) is 29.4 Å². The quantitative estimate of drug-likeness (QED) is 0.667. The molecule has 0 spiro atoms. The first-order valence-electron chi connectivity index (χ1n) is 9.01. The lowest BCUT2D eigenvalue weighted by molar-refractivity contribution is 0.101. The predicted molar refractivity (Wildman–Crippen MR) is 105 cm³/mol. The van der Waals surface area contributed by atoms with Crippen molar-refractivity contribution in [3.05, 3.63) is 78.5 Å². The number of anilines is 2. The van der Waals surface area contributed by atoms with Gasteiger partial charge in [-0.2, -0.15) is 0 Å². The van der Waals surface area contributed by atoms with Gasteiger partial charge in [-0.3, -0.25) is 14.8 Å². The van der Waals surface area contributed by atoms with Crippen LogP contribution in [0.15, 0.2) is 67.4 Å². The summed E-state index contributed by atoms with van der Waals surface area (Å²) in [6, 6.07) is 11.9. The van der Waals surface area contributed by atoms with Gasteiger partial charge in [0, 0.05) is 55.7 Å². The number of ketones is 1. The fourth-order valence-corrected chi connectivity index (χ4v) is 3.66. The molecule has 3 heterocycles. The molecule has 1 aliphatic rings. The zero-order valence-corrected chi connectivity index (χ0v) is 15.2. The van der Waals surface area contributed by atoms with Crippen LogP contribution < -0.4 is 9.80 Å². The van der Waals surface area contributed by atoms with Gasteiger partial charge in [0.15, 0.2) is 5.78 Å². The minimum atomic E-state index is 0.00344. The molecule has 1 aromatic carbocycles. The highest BCUT2D eigenvalue weighted by atomic mass is 16.1. The van der Waals surface area contributed by atoms with Gasteiger partial charge in [0.1, 0.15) is 5.82 Å². The number of piperazine rings is 1. The van der Waals surface area contributed by atoms with Gasteiger partial charge in [0.2, 0.25) is 0 Å². The van der Waals surface area contributed by atoms with Crippen molar-refractivity contribution in [3.8, 4) is 0 Å². The summed E-state index contributed by atoms with van der Waals surface area (Å²) in [6.45, 7) is 4.02. The van der Waals surface area contributed by atoms with E-state index < -0.39 is 0 Å². The average Bonchev–Trinajstić information content (AvgIpc) is 2.74. The van der Waals surface area contributed by atoms with Crippen LogP contribution in [0.2, 0.25) is 0 Å². The Morgan fingerprint density at radius 3 is 2.56 bits per heavy atom. The van der Waals surface area contributed by atoms with E-state index in [0.717, 1.165) is 42.3 Å². The van der Waals surface area contributed by atoms with E-state index >= 15 is 0 Å². The van der Waals surface area contributed by atoms with E-state index in [2.05, 4.69) is 24.8 Å². The lowest BCUT2D eigenvalue weighted by Gasteiger charge is -2.43. The van der Waals surface area contributed by atoms with E-state index in [1.165, 1.54) is 0 Å². The van der Waals surface area contributed by atoms with Crippen LogP contribution in [0.1, 0.15) is 28.9 Å². The second kappa shape index (κ2) is 7.53. The van der Waals surface area contributed by atoms with Crippen molar-refractivity contribution in [3.63, 3.8) is 0 Å². The molecule has 1 unspecified atom stereocenters. The van der Waals surface area contributed by atoms with Crippen LogP contribution in [0.4, 0.5) is 11.5 Å². The summed E-state index contributed by atoms with van der Waals surface area (Å²) in [4.78, 5) is 29.7. The van der Waals surface area contributed by atoms with Crippen LogP contribution in [0, 0.1) is 0 Å². The lowest BCUT2D eigenvalue weighted by atomic mass is 9.94. The van der Waals surface area contributed by atoms with E-state index in [-0.39, 0.29) is 11.8 Å². The minimum Gasteiger partial charge on any atom is -0.367 e. The second-order valence-corrected chi connectivity index (χ2v) is 6.57. The van der Waals surface area contributed by atoms with Crippen molar-refractivity contribution in [1.29, 1.82) is 0 Å². The maximum Gasteiger partial charge on any atom is 0.160 e. The second-order valence-electron chi connectivity index (χ2n) is 6.57. The summed E-state index contributed by atoms with van der Waals surface area (Å²) in [7, 11) is 0. The molecule has 136 valence electrons. The molecule has 0 bridgehead atoms. The smallest absolute Gasteiger partial charge is 0.160 e. The van der Waals surface area contributed by atoms with Crippen molar-refractivity contribution < 1.29 is 4.79 Å². The SMILES string of the molecule is CC(=O)c1ccccc1C1CN(c2ccncc2)CCN1c1cnccn1. The molecule has 1 saturated heterocycles. The number of carbonyl (C=O) groups excluding carboxylic acids is 1. The maximum absolute atomic E-state index is 12.2. The zero-order chi connectivity index (χ0) is 18.6. The molecule has 1 fully saturated rings. The molecule has 6 nitrogen and oxygen atoms in total. The molecule has 4 rings (SSSR count). The van der Waals surface area contributed by atoms with Crippen LogP contribution in [0.5, 0.6) is 0 Å². The largest absolute Gasteiger partial charge is 0.367 e. The monoisotopic (exact) mass is 359 g/mol. The summed E-state index contributed by atoms with van der Waals surface area (Å²) in [5.74, 6) is 0.904. The highest BCUT2D eigenvalue weighted by Crippen LogP contribution is 2.33. The summed E-state index contributed by atoms with van der Waals surface area (Å²) >= 11 is 0. The zero-order valence-electron chi connectivity index (χ0n) is 15.2. The lowest BCUT2D eigenvalue weighted by Crippen LogP contribution is -2.49. The summed E-state index contributed by atoms with van der Waals surface area (Å²) in [5, 5.41) is 0. The number of hydrogen-bond acceptors (Lipinski definition) is 6. The molecule has 0 amide bonds. The van der Waals surface area contributed by atoms with Gasteiger partial charge in [-0.25, -0.2) is 4.98 Å². The number of hydrogen-bond donors (Lipinski definition) is 0. The first kappa shape index (κ1) is 17.1. The van der Waals surface area contributed by atoms with E-state index in [4.69, 9.17) is 0 Å². The van der Waals surface area contributed by atoms with Gasteiger partial charge in [0.05, 0.1) is 12.2 Å². The van der Waals surface area contributed by atoms with Gasteiger partial charge in [-0.15, -0.1) is 0 Å². The molecular formula is C21H21N5O. The summed E-state index contributed by atoms with van der Waals surface area (Å²) in [5.41, 5.74) is 2.91. The third-order valence-corrected chi connectivity index (χ3v) is 4.95. The summed E-state index contributed by atoms with van der Waals surface area (Å²) in [6.07, 6.45) is 8.78. The number of pyridine rings is 1. The number of carbonyl (C=O) groups is 1. The molecule has 0 radical (unpaired) electrons. The molecule has 6 heteroatoms. The van der Waals surface area contributed by atoms with Crippen molar-refractivity contribution in [2.45, 2.75) is 13.0 Å².